The molecule has 0 bridgehead atoms. The monoisotopic (exact) mass is 707 g/mol. The average molecular weight is 708 g/mol. The number of rotatable bonds is 26. The van der Waals surface area contributed by atoms with Gasteiger partial charge < -0.3 is 25.0 Å². The minimum atomic E-state index is -1.60. The molecule has 11 heteroatoms. The van der Waals surface area contributed by atoms with Crippen LogP contribution in [0.25, 0.3) is 0 Å². The minimum Gasteiger partial charge on any atom is -0.436 e. The lowest BCUT2D eigenvalue weighted by Gasteiger charge is -2.22. The fourth-order valence-electron chi connectivity index (χ4n) is 4.72. The SMILES string of the molecule is CC/C=C\C/C=C\C/C=C\C/C=C\C/C=C\CCCC(=O)NCCNP(OCC1=C(F)C(N(C)/C=C\C(N)=NC=O)CC1)Oc1ccccc1. The van der Waals surface area contributed by atoms with E-state index in [1.54, 1.807) is 18.1 Å². The fourth-order valence-corrected chi connectivity index (χ4v) is 5.81. The van der Waals surface area contributed by atoms with Gasteiger partial charge in [-0.2, -0.15) is 4.99 Å². The van der Waals surface area contributed by atoms with Crippen molar-refractivity contribution < 1.29 is 23.0 Å². The van der Waals surface area contributed by atoms with Crippen molar-refractivity contribution in [1.82, 2.24) is 15.3 Å². The first kappa shape index (κ1) is 42.1. The van der Waals surface area contributed by atoms with Gasteiger partial charge in [0.05, 0.1) is 12.6 Å². The second-order valence-electron chi connectivity index (χ2n) is 11.4. The fraction of sp³-hybridized carbons (Fsp3) is 0.410. The number of nitrogens with one attached hydrogen (secondary N) is 2. The quantitative estimate of drug-likeness (QED) is 0.0222. The molecule has 2 rings (SSSR count). The molecule has 9 nitrogen and oxygen atoms in total. The lowest BCUT2D eigenvalue weighted by molar-refractivity contribution is -0.121. The third-order valence-electron chi connectivity index (χ3n) is 7.43. The largest absolute Gasteiger partial charge is 0.436 e. The van der Waals surface area contributed by atoms with Gasteiger partial charge in [-0.3, -0.25) is 9.59 Å². The highest BCUT2D eigenvalue weighted by molar-refractivity contribution is 7.45. The van der Waals surface area contributed by atoms with Crippen LogP contribution in [0, 0.1) is 0 Å². The first-order valence-corrected chi connectivity index (χ1v) is 18.6. The maximum absolute atomic E-state index is 15.3. The number of hydrogen-bond donors (Lipinski definition) is 3. The maximum Gasteiger partial charge on any atom is 0.318 e. The lowest BCUT2D eigenvalue weighted by Crippen LogP contribution is -2.30. The molecule has 272 valence electrons. The summed E-state index contributed by atoms with van der Waals surface area (Å²) in [7, 11) is 0.140. The Bertz CT molecular complexity index is 1360. The molecule has 2 amide bonds. The molecule has 0 spiro atoms. The van der Waals surface area contributed by atoms with E-state index in [4.69, 9.17) is 14.8 Å². The topological polar surface area (TPSA) is 118 Å². The average Bonchev–Trinajstić information content (AvgIpc) is 3.49. The molecular weight excluding hydrogens is 652 g/mol. The first-order valence-electron chi connectivity index (χ1n) is 17.4. The zero-order valence-corrected chi connectivity index (χ0v) is 30.5. The summed E-state index contributed by atoms with van der Waals surface area (Å²) in [6.45, 7) is 3.06. The Morgan fingerprint density at radius 3 is 2.28 bits per heavy atom. The van der Waals surface area contributed by atoms with Gasteiger partial charge in [0.1, 0.15) is 17.4 Å². The number of carbonyl (C=O) groups is 2. The van der Waals surface area contributed by atoms with Crippen molar-refractivity contribution in [2.24, 2.45) is 10.7 Å². The highest BCUT2D eigenvalue weighted by Gasteiger charge is 2.29. The zero-order chi connectivity index (χ0) is 36.1. The molecule has 0 aromatic heterocycles. The van der Waals surface area contributed by atoms with Crippen molar-refractivity contribution in [3.05, 3.63) is 115 Å². The van der Waals surface area contributed by atoms with E-state index in [1.165, 1.54) is 6.08 Å². The predicted octanol–water partition coefficient (Wildman–Crippen LogP) is 8.28. The number of aliphatic imine (C=N–C) groups is 1. The van der Waals surface area contributed by atoms with E-state index >= 15 is 4.39 Å². The second-order valence-corrected chi connectivity index (χ2v) is 12.7. The summed E-state index contributed by atoms with van der Waals surface area (Å²) in [5.41, 5.74) is 6.17. The van der Waals surface area contributed by atoms with Crippen LogP contribution in [0.2, 0.25) is 0 Å². The normalized spacial score (nSPS) is 16.3. The summed E-state index contributed by atoms with van der Waals surface area (Å²) in [6, 6.07) is 8.81. The van der Waals surface area contributed by atoms with Gasteiger partial charge >= 0.3 is 8.53 Å². The molecule has 1 aromatic rings. The van der Waals surface area contributed by atoms with Crippen LogP contribution in [0.4, 0.5) is 4.39 Å². The van der Waals surface area contributed by atoms with E-state index in [9.17, 15) is 9.59 Å². The second kappa shape index (κ2) is 27.7. The van der Waals surface area contributed by atoms with E-state index in [2.05, 4.69) is 83.1 Å². The molecule has 2 atom stereocenters. The molecular formula is C39H55FN5O4P. The van der Waals surface area contributed by atoms with Gasteiger partial charge in [0.2, 0.25) is 12.3 Å². The summed E-state index contributed by atoms with van der Waals surface area (Å²) >= 11 is 0. The van der Waals surface area contributed by atoms with Crippen LogP contribution in [0.15, 0.2) is 120 Å². The standard InChI is InChI=1S/C39H55FN5O4P/c1-3-4-5-6-7-8-9-10-11-12-13-14-15-16-17-18-22-25-38(47)42-29-30-44-50(49-35-23-20-19-21-24-35)48-32-34-26-27-36(39(34)40)45(2)31-28-37(41)43-33-46/h4-5,7-8,10-11,13-14,16-17,19-21,23-24,28,31,33,36,44H,3,6,9,12,15,18,22,25-27,29-30,32H2,1-2H3,(H,42,47)(H2,41,43,46)/b5-4-,8-7-,11-10-,14-13-,17-16-,31-28-. The van der Waals surface area contributed by atoms with Crippen molar-refractivity contribution >= 4 is 26.7 Å². The molecule has 0 aliphatic heterocycles. The number of likely N-dealkylation sites (N-methyl/N-ethyl adjacent to an activating group) is 1. The molecule has 50 heavy (non-hydrogen) atoms. The number of benzene rings is 1. The molecule has 2 unspecified atom stereocenters. The van der Waals surface area contributed by atoms with Gasteiger partial charge in [-0.15, -0.1) is 0 Å². The number of hydrogen-bond acceptors (Lipinski definition) is 6. The lowest BCUT2D eigenvalue weighted by atomic mass is 10.2. The molecule has 0 fully saturated rings. The predicted molar refractivity (Wildman–Crippen MR) is 205 cm³/mol. The number of nitrogens with zero attached hydrogens (tertiary/aromatic N) is 2. The Kier molecular flexibility index (Phi) is 23.3. The van der Waals surface area contributed by atoms with E-state index in [0.29, 0.717) is 50.1 Å². The van der Waals surface area contributed by atoms with Crippen LogP contribution in [0.5, 0.6) is 5.75 Å². The highest BCUT2D eigenvalue weighted by atomic mass is 31.2. The van der Waals surface area contributed by atoms with Crippen LogP contribution in [0.1, 0.15) is 71.1 Å². The van der Waals surface area contributed by atoms with E-state index in [0.717, 1.165) is 44.9 Å². The maximum atomic E-state index is 15.3. The van der Waals surface area contributed by atoms with E-state index < -0.39 is 14.6 Å². The smallest absolute Gasteiger partial charge is 0.318 e. The minimum absolute atomic E-state index is 0.00467. The number of nitrogens with two attached hydrogens (primary N) is 1. The van der Waals surface area contributed by atoms with Crippen LogP contribution in [-0.4, -0.2) is 55.8 Å². The number of halogens is 1. The molecule has 1 aromatic carbocycles. The Balaban J connectivity index is 1.66. The molecule has 1 aliphatic rings. The third kappa shape index (κ3) is 19.8. The van der Waals surface area contributed by atoms with Crippen molar-refractivity contribution in [1.29, 1.82) is 0 Å². The van der Waals surface area contributed by atoms with E-state index in [1.807, 2.05) is 30.3 Å². The van der Waals surface area contributed by atoms with Crippen LogP contribution in [-0.2, 0) is 14.1 Å². The number of allylic oxidation sites excluding steroid dienone is 10. The third-order valence-corrected chi connectivity index (χ3v) is 8.65. The van der Waals surface area contributed by atoms with Crippen LogP contribution < -0.4 is 20.7 Å². The van der Waals surface area contributed by atoms with Crippen molar-refractivity contribution in [2.75, 3.05) is 26.7 Å². The molecule has 0 saturated carbocycles. The summed E-state index contributed by atoms with van der Waals surface area (Å²) in [5, 5.41) is 6.16. The van der Waals surface area contributed by atoms with Crippen molar-refractivity contribution in [3.8, 4) is 5.75 Å². The molecule has 1 aliphatic carbocycles. The van der Waals surface area contributed by atoms with E-state index in [-0.39, 0.29) is 24.2 Å². The summed E-state index contributed by atoms with van der Waals surface area (Å²) in [5.74, 6) is 0.415. The Morgan fingerprint density at radius 2 is 1.64 bits per heavy atom. The van der Waals surface area contributed by atoms with Crippen molar-refractivity contribution in [2.45, 2.75) is 77.2 Å². The highest BCUT2D eigenvalue weighted by Crippen LogP contribution is 2.38. The number of amides is 2. The first-order chi connectivity index (χ1) is 24.4. The molecule has 4 N–H and O–H groups in total. The summed E-state index contributed by atoms with van der Waals surface area (Å²) in [4.78, 5) is 28.0. The van der Waals surface area contributed by atoms with Gasteiger partial charge in [-0.25, -0.2) is 9.48 Å². The number of para-hydroxylation sites is 1. The molecule has 0 radical (unpaired) electrons. The van der Waals surface area contributed by atoms with Gasteiger partial charge in [-0.1, -0.05) is 85.9 Å². The number of unbranched alkanes of at least 4 members (excludes halogenated alkanes) is 1. The number of amidine groups is 1. The number of carbonyl (C=O) groups excluding carboxylic acids is 2. The zero-order valence-electron chi connectivity index (χ0n) is 29.6. The summed E-state index contributed by atoms with van der Waals surface area (Å²) in [6.07, 6.45) is 33.2. The Hall–Kier alpha value is -4.11. The van der Waals surface area contributed by atoms with Crippen LogP contribution >= 0.6 is 8.53 Å². The Morgan fingerprint density at radius 1 is 1.00 bits per heavy atom. The molecule has 0 saturated heterocycles. The summed E-state index contributed by atoms with van der Waals surface area (Å²) < 4.78 is 27.3. The van der Waals surface area contributed by atoms with Crippen LogP contribution in [0.3, 0.4) is 0 Å². The molecule has 0 heterocycles. The van der Waals surface area contributed by atoms with Gasteiger partial charge in [0.15, 0.2) is 0 Å². The van der Waals surface area contributed by atoms with Crippen molar-refractivity contribution in [3.63, 3.8) is 0 Å². The Labute approximate surface area is 299 Å². The van der Waals surface area contributed by atoms with Gasteiger partial charge in [0, 0.05) is 32.8 Å². The van der Waals surface area contributed by atoms with Gasteiger partial charge in [0.25, 0.3) is 0 Å². The van der Waals surface area contributed by atoms with Gasteiger partial charge in [-0.05, 0) is 81.6 Å².